The van der Waals surface area contributed by atoms with E-state index in [-0.39, 0.29) is 12.1 Å². The predicted octanol–water partition coefficient (Wildman–Crippen LogP) is 0.301. The van der Waals surface area contributed by atoms with E-state index >= 15 is 0 Å². The third-order valence-electron chi connectivity index (χ3n) is 1.58. The molecule has 1 aliphatic heterocycles. The predicted molar refractivity (Wildman–Crippen MR) is 37.7 cm³/mol. The molecule has 0 spiro atoms. The monoisotopic (exact) mass is 143 g/mol. The summed E-state index contributed by atoms with van der Waals surface area (Å²) in [5, 5.41) is 3.16. The van der Waals surface area contributed by atoms with E-state index in [2.05, 4.69) is 5.32 Å². The first-order chi connectivity index (χ1) is 4.79. The zero-order chi connectivity index (χ0) is 7.40. The number of nitrogens with one attached hydrogen (secondary N) is 1. The van der Waals surface area contributed by atoms with Gasteiger partial charge in [0.25, 0.3) is 0 Å². The van der Waals surface area contributed by atoms with Crippen LogP contribution < -0.4 is 5.32 Å². The topological polar surface area (TPSA) is 38.3 Å². The maximum absolute atomic E-state index is 10.5. The summed E-state index contributed by atoms with van der Waals surface area (Å²) in [7, 11) is 0. The van der Waals surface area contributed by atoms with E-state index in [4.69, 9.17) is 4.74 Å². The Balaban J connectivity index is 2.19. The summed E-state index contributed by atoms with van der Waals surface area (Å²) >= 11 is 0. The van der Waals surface area contributed by atoms with Crippen LogP contribution in [0.15, 0.2) is 0 Å². The number of rotatable bonds is 1. The number of esters is 1. The Morgan fingerprint density at radius 2 is 2.50 bits per heavy atom. The van der Waals surface area contributed by atoms with Crippen LogP contribution in [0.25, 0.3) is 0 Å². The van der Waals surface area contributed by atoms with Crippen molar-refractivity contribution in [1.29, 1.82) is 0 Å². The van der Waals surface area contributed by atoms with Gasteiger partial charge < -0.3 is 10.1 Å². The Hall–Kier alpha value is -0.570. The molecule has 1 N–H and O–H groups in total. The van der Waals surface area contributed by atoms with Gasteiger partial charge in [-0.3, -0.25) is 4.79 Å². The molecule has 0 saturated carbocycles. The molecule has 3 nitrogen and oxygen atoms in total. The second kappa shape index (κ2) is 3.56. The second-order valence-corrected chi connectivity index (χ2v) is 2.58. The van der Waals surface area contributed by atoms with E-state index in [9.17, 15) is 4.79 Å². The van der Waals surface area contributed by atoms with Gasteiger partial charge in [0, 0.05) is 13.5 Å². The smallest absolute Gasteiger partial charge is 0.302 e. The molecule has 0 aliphatic carbocycles. The summed E-state index contributed by atoms with van der Waals surface area (Å²) in [6, 6.07) is 0. The molecule has 10 heavy (non-hydrogen) atoms. The zero-order valence-electron chi connectivity index (χ0n) is 6.22. The average Bonchev–Trinajstić information content (AvgIpc) is 1.88. The van der Waals surface area contributed by atoms with E-state index in [1.165, 1.54) is 6.92 Å². The molecule has 0 radical (unpaired) electrons. The molecule has 1 atom stereocenters. The molecule has 1 aliphatic rings. The number of hydrogen-bond donors (Lipinski definition) is 1. The number of carbonyl (C=O) groups excluding carboxylic acids is 1. The third kappa shape index (κ3) is 2.35. The fourth-order valence-corrected chi connectivity index (χ4v) is 1.16. The SMILES string of the molecule is CC(=O)OC1CCCNC1. The van der Waals surface area contributed by atoms with Crippen molar-refractivity contribution in [3.05, 3.63) is 0 Å². The Labute approximate surface area is 60.7 Å². The second-order valence-electron chi connectivity index (χ2n) is 2.58. The van der Waals surface area contributed by atoms with Crippen LogP contribution in [-0.2, 0) is 9.53 Å². The molecule has 1 heterocycles. The van der Waals surface area contributed by atoms with Gasteiger partial charge in [-0.25, -0.2) is 0 Å². The van der Waals surface area contributed by atoms with Crippen molar-refractivity contribution in [2.75, 3.05) is 13.1 Å². The highest BCUT2D eigenvalue weighted by atomic mass is 16.5. The van der Waals surface area contributed by atoms with Crippen molar-refractivity contribution in [3.63, 3.8) is 0 Å². The van der Waals surface area contributed by atoms with Crippen molar-refractivity contribution in [1.82, 2.24) is 5.32 Å². The van der Waals surface area contributed by atoms with Gasteiger partial charge in [0.2, 0.25) is 0 Å². The molecule has 0 aromatic heterocycles. The third-order valence-corrected chi connectivity index (χ3v) is 1.58. The number of ether oxygens (including phenoxy) is 1. The summed E-state index contributed by atoms with van der Waals surface area (Å²) in [6.45, 7) is 3.33. The Kier molecular flexibility index (Phi) is 2.68. The van der Waals surface area contributed by atoms with Crippen LogP contribution in [0.5, 0.6) is 0 Å². The van der Waals surface area contributed by atoms with E-state index < -0.39 is 0 Å². The standard InChI is InChI=1S/C7H13NO2/c1-6(9)10-7-3-2-4-8-5-7/h7-8H,2-5H2,1H3. The molecule has 0 bridgehead atoms. The minimum atomic E-state index is -0.172. The van der Waals surface area contributed by atoms with Gasteiger partial charge in [0.05, 0.1) is 0 Å². The van der Waals surface area contributed by atoms with Crippen molar-refractivity contribution >= 4 is 5.97 Å². The first-order valence-electron chi connectivity index (χ1n) is 3.67. The highest BCUT2D eigenvalue weighted by molar-refractivity contribution is 5.66. The maximum atomic E-state index is 10.5. The van der Waals surface area contributed by atoms with Gasteiger partial charge in [0.1, 0.15) is 6.10 Å². The van der Waals surface area contributed by atoms with Crippen LogP contribution in [0.4, 0.5) is 0 Å². The minimum absolute atomic E-state index is 0.117. The molecule has 1 fully saturated rings. The lowest BCUT2D eigenvalue weighted by Gasteiger charge is -2.21. The number of piperidine rings is 1. The van der Waals surface area contributed by atoms with E-state index in [0.717, 1.165) is 25.9 Å². The van der Waals surface area contributed by atoms with Crippen molar-refractivity contribution < 1.29 is 9.53 Å². The van der Waals surface area contributed by atoms with E-state index in [0.29, 0.717) is 0 Å². The molecule has 1 saturated heterocycles. The van der Waals surface area contributed by atoms with Gasteiger partial charge in [-0.05, 0) is 19.4 Å². The van der Waals surface area contributed by atoms with Crippen LogP contribution in [0, 0.1) is 0 Å². The molecule has 0 aromatic carbocycles. The van der Waals surface area contributed by atoms with Crippen LogP contribution in [-0.4, -0.2) is 25.2 Å². The van der Waals surface area contributed by atoms with Crippen LogP contribution in [0.2, 0.25) is 0 Å². The summed E-state index contributed by atoms with van der Waals surface area (Å²) in [4.78, 5) is 10.5. The molecule has 3 heteroatoms. The first kappa shape index (κ1) is 7.54. The molecule has 58 valence electrons. The van der Waals surface area contributed by atoms with Gasteiger partial charge >= 0.3 is 5.97 Å². The molecule has 0 amide bonds. The van der Waals surface area contributed by atoms with Gasteiger partial charge in [-0.2, -0.15) is 0 Å². The van der Waals surface area contributed by atoms with Gasteiger partial charge in [0.15, 0.2) is 0 Å². The Morgan fingerprint density at radius 3 is 3.00 bits per heavy atom. The maximum Gasteiger partial charge on any atom is 0.302 e. The summed E-state index contributed by atoms with van der Waals surface area (Å²) in [5.41, 5.74) is 0. The van der Waals surface area contributed by atoms with Crippen LogP contribution in [0.3, 0.4) is 0 Å². The Morgan fingerprint density at radius 1 is 1.70 bits per heavy atom. The molecular weight excluding hydrogens is 130 g/mol. The number of hydrogen-bond acceptors (Lipinski definition) is 3. The fraction of sp³-hybridized carbons (Fsp3) is 0.857. The van der Waals surface area contributed by atoms with E-state index in [1.54, 1.807) is 0 Å². The summed E-state index contributed by atoms with van der Waals surface area (Å²) < 4.78 is 4.99. The number of carbonyl (C=O) groups is 1. The first-order valence-corrected chi connectivity index (χ1v) is 3.67. The average molecular weight is 143 g/mol. The lowest BCUT2D eigenvalue weighted by Crippen LogP contribution is -2.36. The van der Waals surface area contributed by atoms with Crippen LogP contribution >= 0.6 is 0 Å². The molecular formula is C7H13NO2. The minimum Gasteiger partial charge on any atom is -0.461 e. The highest BCUT2D eigenvalue weighted by Crippen LogP contribution is 2.05. The summed E-state index contributed by atoms with van der Waals surface area (Å²) in [5.74, 6) is -0.172. The van der Waals surface area contributed by atoms with Crippen LogP contribution in [0.1, 0.15) is 19.8 Å². The van der Waals surface area contributed by atoms with Crippen molar-refractivity contribution in [3.8, 4) is 0 Å². The van der Waals surface area contributed by atoms with Crippen molar-refractivity contribution in [2.24, 2.45) is 0 Å². The normalized spacial score (nSPS) is 25.9. The molecule has 1 unspecified atom stereocenters. The van der Waals surface area contributed by atoms with E-state index in [1.807, 2.05) is 0 Å². The largest absolute Gasteiger partial charge is 0.461 e. The molecule has 1 rings (SSSR count). The zero-order valence-corrected chi connectivity index (χ0v) is 6.22. The Bertz CT molecular complexity index is 119. The van der Waals surface area contributed by atoms with Gasteiger partial charge in [-0.1, -0.05) is 0 Å². The van der Waals surface area contributed by atoms with Crippen molar-refractivity contribution in [2.45, 2.75) is 25.9 Å². The molecule has 0 aromatic rings. The lowest BCUT2D eigenvalue weighted by molar-refractivity contribution is -0.146. The lowest BCUT2D eigenvalue weighted by atomic mass is 10.1. The summed E-state index contributed by atoms with van der Waals surface area (Å²) in [6.07, 6.45) is 2.23. The fourth-order valence-electron chi connectivity index (χ4n) is 1.16. The van der Waals surface area contributed by atoms with Gasteiger partial charge in [-0.15, -0.1) is 0 Å². The highest BCUT2D eigenvalue weighted by Gasteiger charge is 2.14. The quantitative estimate of drug-likeness (QED) is 0.536.